The number of unbranched alkanes of at least 4 members (excludes halogenated alkanes) is 29. The summed E-state index contributed by atoms with van der Waals surface area (Å²) in [6.07, 6.45) is 58.1. The molecule has 0 aliphatic heterocycles. The van der Waals surface area contributed by atoms with E-state index < -0.39 is 6.10 Å². The Labute approximate surface area is 371 Å². The molecule has 0 spiro atoms. The quantitative estimate of drug-likeness (QED) is 0.0200. The Hall–Kier alpha value is -2.63. The summed E-state index contributed by atoms with van der Waals surface area (Å²) in [6.45, 7) is 6.48. The third-order valence-corrected chi connectivity index (χ3v) is 11.1. The molecule has 348 valence electrons. The second-order valence-corrected chi connectivity index (χ2v) is 17.1. The van der Waals surface area contributed by atoms with Gasteiger partial charge in [0, 0.05) is 19.3 Å². The molecule has 0 fully saturated rings. The van der Waals surface area contributed by atoms with E-state index >= 15 is 0 Å². The molecule has 1 atom stereocenters. The van der Waals surface area contributed by atoms with E-state index in [1.807, 2.05) is 0 Å². The Morgan fingerprint density at radius 2 is 0.667 bits per heavy atom. The van der Waals surface area contributed by atoms with E-state index in [-0.39, 0.29) is 31.1 Å². The fraction of sp³-hybridized carbons (Fsp3) is 0.796. The normalized spacial score (nSPS) is 12.4. The highest BCUT2D eigenvalue weighted by atomic mass is 16.6. The summed E-state index contributed by atoms with van der Waals surface area (Å²) in [7, 11) is 0. The smallest absolute Gasteiger partial charge is 0.306 e. The first-order valence-corrected chi connectivity index (χ1v) is 25.7. The largest absolute Gasteiger partial charge is 0.462 e. The van der Waals surface area contributed by atoms with Gasteiger partial charge in [-0.25, -0.2) is 0 Å². The summed E-state index contributed by atoms with van der Waals surface area (Å²) in [5.74, 6) is -0.914. The zero-order valence-electron chi connectivity index (χ0n) is 39.7. The van der Waals surface area contributed by atoms with Gasteiger partial charge in [0.05, 0.1) is 0 Å². The molecule has 1 unspecified atom stereocenters. The van der Waals surface area contributed by atoms with E-state index in [2.05, 4.69) is 69.4 Å². The lowest BCUT2D eigenvalue weighted by atomic mass is 10.0. The predicted molar refractivity (Wildman–Crippen MR) is 256 cm³/mol. The van der Waals surface area contributed by atoms with E-state index in [9.17, 15) is 14.4 Å². The van der Waals surface area contributed by atoms with Gasteiger partial charge in [0.1, 0.15) is 13.2 Å². The van der Waals surface area contributed by atoms with Crippen LogP contribution in [0.4, 0.5) is 0 Å². The van der Waals surface area contributed by atoms with Gasteiger partial charge < -0.3 is 14.2 Å². The molecule has 6 heteroatoms. The van der Waals surface area contributed by atoms with Crippen molar-refractivity contribution in [3.63, 3.8) is 0 Å². The van der Waals surface area contributed by atoms with Crippen molar-refractivity contribution in [2.24, 2.45) is 0 Å². The zero-order chi connectivity index (χ0) is 43.7. The van der Waals surface area contributed by atoms with Crippen molar-refractivity contribution < 1.29 is 28.6 Å². The second kappa shape index (κ2) is 49.0. The van der Waals surface area contributed by atoms with E-state index in [1.165, 1.54) is 122 Å². The van der Waals surface area contributed by atoms with Crippen LogP contribution in [0.5, 0.6) is 0 Å². The average molecular weight is 841 g/mol. The van der Waals surface area contributed by atoms with Crippen molar-refractivity contribution in [1.82, 2.24) is 0 Å². The number of hydrogen-bond acceptors (Lipinski definition) is 6. The topological polar surface area (TPSA) is 78.9 Å². The summed E-state index contributed by atoms with van der Waals surface area (Å²) >= 11 is 0. The summed E-state index contributed by atoms with van der Waals surface area (Å²) < 4.78 is 16.8. The van der Waals surface area contributed by atoms with E-state index in [1.54, 1.807) is 0 Å². The van der Waals surface area contributed by atoms with Crippen LogP contribution in [0.3, 0.4) is 0 Å². The van der Waals surface area contributed by atoms with Gasteiger partial charge in [-0.2, -0.15) is 0 Å². The van der Waals surface area contributed by atoms with Gasteiger partial charge in [-0.3, -0.25) is 14.4 Å². The molecule has 0 rings (SSSR count). The molecule has 0 aliphatic rings. The van der Waals surface area contributed by atoms with Crippen LogP contribution in [0.2, 0.25) is 0 Å². The monoisotopic (exact) mass is 841 g/mol. The van der Waals surface area contributed by atoms with Crippen LogP contribution in [0, 0.1) is 0 Å². The fourth-order valence-corrected chi connectivity index (χ4v) is 7.26. The maximum atomic E-state index is 12.8. The van der Waals surface area contributed by atoms with Crippen molar-refractivity contribution >= 4 is 17.9 Å². The molecule has 0 radical (unpaired) electrons. The molecule has 0 aromatic rings. The minimum absolute atomic E-state index is 0.0839. The third kappa shape index (κ3) is 46.4. The van der Waals surface area contributed by atoms with Crippen LogP contribution < -0.4 is 0 Å². The zero-order valence-corrected chi connectivity index (χ0v) is 39.7. The van der Waals surface area contributed by atoms with Crippen LogP contribution in [-0.2, 0) is 28.6 Å². The van der Waals surface area contributed by atoms with Gasteiger partial charge in [0.15, 0.2) is 6.10 Å². The number of hydrogen-bond donors (Lipinski definition) is 0. The SMILES string of the molecule is CC\C=C/C=C\C=C/CCCCCCCC(=O)OC(COC(=O)CCCCC/C=C\CCCCCCCC)COC(=O)CCCCCCCCCCCCCCCCCC. The highest BCUT2D eigenvalue weighted by molar-refractivity contribution is 5.71. The molecular formula is C54H96O6. The highest BCUT2D eigenvalue weighted by Gasteiger charge is 2.19. The van der Waals surface area contributed by atoms with E-state index in [4.69, 9.17) is 14.2 Å². The van der Waals surface area contributed by atoms with Gasteiger partial charge in [0.2, 0.25) is 0 Å². The number of esters is 3. The standard InChI is InChI=1S/C54H96O6/c1-4-7-10-13-16-19-22-25-26-27-30-32-35-38-41-44-47-53(56)59-50-51(60-54(57)48-45-42-39-36-33-29-24-21-18-15-12-9-6-3)49-58-52(55)46-43-40-37-34-31-28-23-20-17-14-11-8-5-2/h9,12,15,18,21,24,28,31,51H,4-8,10-11,13-14,16-17,19-20,22-23,25-27,29-30,32-50H2,1-3H3/b12-9-,18-15-,24-21-,31-28-. The molecule has 0 aromatic heterocycles. The maximum absolute atomic E-state index is 12.8. The fourth-order valence-electron chi connectivity index (χ4n) is 7.26. The molecule has 0 N–H and O–H groups in total. The third-order valence-electron chi connectivity index (χ3n) is 11.1. The van der Waals surface area contributed by atoms with Crippen LogP contribution in [0.1, 0.15) is 258 Å². The Balaban J connectivity index is 4.38. The Bertz CT molecular complexity index is 1060. The summed E-state index contributed by atoms with van der Waals surface area (Å²) in [5, 5.41) is 0. The van der Waals surface area contributed by atoms with Gasteiger partial charge in [-0.1, -0.05) is 223 Å². The minimum Gasteiger partial charge on any atom is -0.462 e. The Morgan fingerprint density at radius 1 is 0.350 bits per heavy atom. The number of ether oxygens (including phenoxy) is 3. The van der Waals surface area contributed by atoms with Crippen molar-refractivity contribution in [3.05, 3.63) is 48.6 Å². The molecule has 0 bridgehead atoms. The van der Waals surface area contributed by atoms with Crippen LogP contribution >= 0.6 is 0 Å². The van der Waals surface area contributed by atoms with Gasteiger partial charge >= 0.3 is 17.9 Å². The number of allylic oxidation sites excluding steroid dienone is 8. The predicted octanol–water partition coefficient (Wildman–Crippen LogP) is 16.7. The van der Waals surface area contributed by atoms with E-state index in [0.29, 0.717) is 19.3 Å². The lowest BCUT2D eigenvalue weighted by Crippen LogP contribution is -2.30. The molecule has 6 nitrogen and oxygen atoms in total. The van der Waals surface area contributed by atoms with Crippen LogP contribution in [0.15, 0.2) is 48.6 Å². The Kier molecular flexibility index (Phi) is 46.9. The number of carbonyl (C=O) groups is 3. The van der Waals surface area contributed by atoms with Gasteiger partial charge in [0.25, 0.3) is 0 Å². The summed E-state index contributed by atoms with van der Waals surface area (Å²) in [6, 6.07) is 0. The van der Waals surface area contributed by atoms with Crippen LogP contribution in [-0.4, -0.2) is 37.2 Å². The summed E-state index contributed by atoms with van der Waals surface area (Å²) in [5.41, 5.74) is 0. The number of rotatable bonds is 46. The van der Waals surface area contributed by atoms with Crippen molar-refractivity contribution in [2.75, 3.05) is 13.2 Å². The molecule has 0 heterocycles. The molecule has 0 aromatic carbocycles. The van der Waals surface area contributed by atoms with Crippen molar-refractivity contribution in [3.8, 4) is 0 Å². The van der Waals surface area contributed by atoms with Gasteiger partial charge in [-0.05, 0) is 64.2 Å². The molecular weight excluding hydrogens is 745 g/mol. The molecule has 60 heavy (non-hydrogen) atoms. The Morgan fingerprint density at radius 3 is 1.07 bits per heavy atom. The summed E-state index contributed by atoms with van der Waals surface area (Å²) in [4.78, 5) is 37.9. The van der Waals surface area contributed by atoms with Gasteiger partial charge in [-0.15, -0.1) is 0 Å². The first kappa shape index (κ1) is 57.4. The second-order valence-electron chi connectivity index (χ2n) is 17.1. The maximum Gasteiger partial charge on any atom is 0.306 e. The van der Waals surface area contributed by atoms with Crippen molar-refractivity contribution in [1.29, 1.82) is 0 Å². The lowest BCUT2D eigenvalue weighted by molar-refractivity contribution is -0.167. The first-order valence-electron chi connectivity index (χ1n) is 25.7. The van der Waals surface area contributed by atoms with E-state index in [0.717, 1.165) is 96.3 Å². The first-order chi connectivity index (χ1) is 29.5. The molecule has 0 aliphatic carbocycles. The molecule has 0 saturated carbocycles. The van der Waals surface area contributed by atoms with Crippen molar-refractivity contribution in [2.45, 2.75) is 264 Å². The van der Waals surface area contributed by atoms with Crippen LogP contribution in [0.25, 0.3) is 0 Å². The number of carbonyl (C=O) groups excluding carboxylic acids is 3. The average Bonchev–Trinajstić information content (AvgIpc) is 3.24. The lowest BCUT2D eigenvalue weighted by Gasteiger charge is -2.18. The minimum atomic E-state index is -0.786. The molecule has 0 amide bonds. The highest BCUT2D eigenvalue weighted by Crippen LogP contribution is 2.15. The molecule has 0 saturated heterocycles.